The van der Waals surface area contributed by atoms with Crippen LogP contribution < -0.4 is 19.4 Å². The second kappa shape index (κ2) is 13.1. The topological polar surface area (TPSA) is 34.1 Å². The largest absolute Gasteiger partial charge is 0.281 e. The molecular weight excluding hydrogens is 697 g/mol. The highest BCUT2D eigenvalue weighted by molar-refractivity contribution is 8.15. The van der Waals surface area contributed by atoms with E-state index in [2.05, 4.69) is 132 Å². The summed E-state index contributed by atoms with van der Waals surface area (Å²) in [6, 6.07) is 17.9. The molecule has 0 amide bonds. The van der Waals surface area contributed by atoms with Gasteiger partial charge in [0.15, 0.2) is 0 Å². The van der Waals surface area contributed by atoms with Crippen molar-refractivity contribution in [1.82, 2.24) is 0 Å². The molecule has 254 valence electrons. The first kappa shape index (κ1) is 36.1. The van der Waals surface area contributed by atoms with Crippen LogP contribution in [0, 0.1) is 0 Å². The number of carbonyl (C=O) groups excluding carboxylic acids is 2. The van der Waals surface area contributed by atoms with Crippen molar-refractivity contribution in [3.8, 4) is 0 Å². The molecule has 2 aliphatic rings. The Morgan fingerprint density at radius 1 is 0.458 bits per heavy atom. The zero-order valence-electron chi connectivity index (χ0n) is 30.5. The number of carbonyl (C=O) groups is 2. The van der Waals surface area contributed by atoms with Crippen molar-refractivity contribution < 1.29 is 9.59 Å². The Kier molecular flexibility index (Phi) is 9.88. The highest BCUT2D eigenvalue weighted by Crippen LogP contribution is 2.45. The van der Waals surface area contributed by atoms with E-state index in [0.717, 1.165) is 51.9 Å². The van der Waals surface area contributed by atoms with E-state index in [1.165, 1.54) is 32.5 Å². The van der Waals surface area contributed by atoms with Crippen molar-refractivity contribution in [3.63, 3.8) is 0 Å². The van der Waals surface area contributed by atoms with Gasteiger partial charge in [0.1, 0.15) is 16.1 Å². The quantitative estimate of drug-likeness (QED) is 0.151. The van der Waals surface area contributed by atoms with Crippen LogP contribution in [0.4, 0.5) is 0 Å². The van der Waals surface area contributed by atoms with Crippen LogP contribution in [-0.2, 0) is 9.59 Å². The summed E-state index contributed by atoms with van der Waals surface area (Å²) in [7, 11) is -3.63. The van der Waals surface area contributed by atoms with E-state index >= 15 is 0 Å². The molecule has 2 aliphatic heterocycles. The summed E-state index contributed by atoms with van der Waals surface area (Å²) in [6.45, 7) is 28.8. The highest BCUT2D eigenvalue weighted by Gasteiger charge is 2.47. The molecule has 4 heterocycles. The van der Waals surface area contributed by atoms with Crippen LogP contribution in [0.5, 0.6) is 0 Å². The van der Waals surface area contributed by atoms with Crippen molar-refractivity contribution in [1.29, 1.82) is 0 Å². The van der Waals surface area contributed by atoms with Crippen LogP contribution in [0.1, 0.15) is 92.8 Å². The molecule has 2 aromatic heterocycles. The number of hydrogen-bond donors (Lipinski definition) is 0. The molecule has 0 bridgehead atoms. The Morgan fingerprint density at radius 2 is 0.771 bits per heavy atom. The van der Waals surface area contributed by atoms with Gasteiger partial charge < -0.3 is 0 Å². The van der Waals surface area contributed by atoms with Gasteiger partial charge >= 0.3 is 0 Å². The van der Waals surface area contributed by atoms with E-state index in [4.69, 9.17) is 0 Å². The molecule has 48 heavy (non-hydrogen) atoms. The van der Waals surface area contributed by atoms with Crippen LogP contribution in [-0.4, -0.2) is 26.4 Å². The summed E-state index contributed by atoms with van der Waals surface area (Å²) in [6.07, 6.45) is 0. The summed E-state index contributed by atoms with van der Waals surface area (Å²) in [5, 5.41) is 4.54. The fourth-order valence-electron chi connectivity index (χ4n) is 9.97. The minimum absolute atomic E-state index is 0.142. The van der Waals surface area contributed by atoms with Gasteiger partial charge in [-0.15, -0.1) is 22.7 Å². The smallest absolute Gasteiger partial charge is 0.226 e. The Labute approximate surface area is 305 Å². The van der Waals surface area contributed by atoms with E-state index in [0.29, 0.717) is 33.2 Å². The number of hydrogen-bond acceptors (Lipinski definition) is 6. The Bertz CT molecular complexity index is 1870. The second-order valence-corrected chi connectivity index (χ2v) is 32.4. The first-order chi connectivity index (χ1) is 22.6. The number of fused-ring (bicyclic) bond motifs is 3. The fraction of sp³-hybridized carbons (Fsp3) is 0.450. The van der Waals surface area contributed by atoms with Crippen molar-refractivity contribution >= 4 is 103 Å². The average molecular weight is 747 g/mol. The lowest BCUT2D eigenvalue weighted by molar-refractivity contribution is -0.106. The highest BCUT2D eigenvalue weighted by atomic mass is 32.2. The van der Waals surface area contributed by atoms with Crippen LogP contribution in [0.25, 0.3) is 21.9 Å². The number of rotatable bonds is 10. The van der Waals surface area contributed by atoms with Crippen LogP contribution in [0.15, 0.2) is 58.3 Å². The van der Waals surface area contributed by atoms with Crippen LogP contribution in [0.2, 0.25) is 33.2 Å². The summed E-state index contributed by atoms with van der Waals surface area (Å²) in [4.78, 5) is 31.6. The number of thioether (sulfide) groups is 2. The van der Waals surface area contributed by atoms with E-state index in [1.807, 2.05) is 22.7 Å². The minimum Gasteiger partial charge on any atom is -0.281 e. The van der Waals surface area contributed by atoms with Crippen molar-refractivity contribution in [2.24, 2.45) is 0 Å². The predicted octanol–water partition coefficient (Wildman–Crippen LogP) is 10.4. The summed E-state index contributed by atoms with van der Waals surface area (Å²) < 4.78 is 3.03. The van der Waals surface area contributed by atoms with Crippen molar-refractivity contribution in [3.05, 3.63) is 68.7 Å². The molecular formula is C40H50O2S4Si2. The average Bonchev–Trinajstić information content (AvgIpc) is 3.75. The van der Waals surface area contributed by atoms with Gasteiger partial charge in [0.05, 0.1) is 11.1 Å². The third kappa shape index (κ3) is 5.38. The summed E-state index contributed by atoms with van der Waals surface area (Å²) >= 11 is 6.45. The Balaban J connectivity index is 1.48. The van der Waals surface area contributed by atoms with Crippen LogP contribution in [0.3, 0.4) is 0 Å². The van der Waals surface area contributed by atoms with Gasteiger partial charge in [0.2, 0.25) is 10.2 Å². The molecule has 0 radical (unpaired) electrons. The molecule has 4 aromatic rings. The van der Waals surface area contributed by atoms with Crippen molar-refractivity contribution in [2.45, 2.75) is 126 Å². The molecule has 0 aliphatic carbocycles. The Hall–Kier alpha value is -1.69. The normalized spacial score (nSPS) is 15.6. The molecule has 0 atom stereocenters. The minimum atomic E-state index is -1.82. The van der Waals surface area contributed by atoms with E-state index in [9.17, 15) is 9.59 Å². The molecule has 0 saturated heterocycles. The zero-order valence-corrected chi connectivity index (χ0v) is 35.8. The molecule has 6 rings (SSSR count). The standard InChI is InChI=1S/C40H50O2S4Si2/c1-21(2)47(22(3)4,23(5)6)35-15-13-31(43-35)37-29-17-27-20-34-30(18-28(27)19-33(29)45-39(37)41)38(40(42)46-34)32-14-16-36(44-32)48(24(7)8,25(9)10)26(11)12/h13-26H,1-12H3. The monoisotopic (exact) mass is 746 g/mol. The third-order valence-electron chi connectivity index (χ3n) is 11.7. The maximum absolute atomic E-state index is 13.7. The third-order valence-corrected chi connectivity index (χ3v) is 31.6. The summed E-state index contributed by atoms with van der Waals surface area (Å²) in [5.74, 6) is 0. The lowest BCUT2D eigenvalue weighted by Crippen LogP contribution is -2.54. The molecule has 2 aromatic carbocycles. The molecule has 0 spiro atoms. The van der Waals surface area contributed by atoms with E-state index in [-0.39, 0.29) is 10.2 Å². The molecule has 8 heteroatoms. The zero-order chi connectivity index (χ0) is 35.0. The second-order valence-electron chi connectivity index (χ2n) is 15.7. The lowest BCUT2D eigenvalue weighted by atomic mass is 10.0. The summed E-state index contributed by atoms with van der Waals surface area (Å²) in [5.41, 5.74) is 5.42. The van der Waals surface area contributed by atoms with Gasteiger partial charge in [0.25, 0.3) is 0 Å². The van der Waals surface area contributed by atoms with Crippen LogP contribution >= 0.6 is 46.2 Å². The van der Waals surface area contributed by atoms with Gasteiger partial charge in [-0.2, -0.15) is 0 Å². The molecule has 0 N–H and O–H groups in total. The van der Waals surface area contributed by atoms with Gasteiger partial charge in [-0.3, -0.25) is 9.59 Å². The van der Waals surface area contributed by atoms with Gasteiger partial charge in [-0.1, -0.05) is 95.2 Å². The number of thiophene rings is 2. The maximum atomic E-state index is 13.7. The molecule has 0 fully saturated rings. The molecule has 2 nitrogen and oxygen atoms in total. The fourth-order valence-corrected chi connectivity index (χ4v) is 32.2. The predicted molar refractivity (Wildman–Crippen MR) is 220 cm³/mol. The molecule has 0 saturated carbocycles. The van der Waals surface area contributed by atoms with Gasteiger partial charge in [-0.25, -0.2) is 0 Å². The Morgan fingerprint density at radius 3 is 1.06 bits per heavy atom. The first-order valence-electron chi connectivity index (χ1n) is 17.6. The first-order valence-corrected chi connectivity index (χ1v) is 25.3. The SMILES string of the molecule is CC(C)[Si](c1ccc(C2=c3cc4cc5c(cc4cc3SC2=O)=C(c2ccc([Si](C(C)C)(C(C)C)C(C)C)s2)C(=O)S5)s1)(C(C)C)C(C)C. The van der Waals surface area contributed by atoms with E-state index in [1.54, 1.807) is 0 Å². The van der Waals surface area contributed by atoms with Gasteiger partial charge in [-0.05, 0) is 113 Å². The van der Waals surface area contributed by atoms with E-state index < -0.39 is 16.1 Å². The number of benzene rings is 2. The van der Waals surface area contributed by atoms with Crippen molar-refractivity contribution in [2.75, 3.05) is 0 Å². The van der Waals surface area contributed by atoms with Gasteiger partial charge in [0, 0.05) is 30.0 Å². The lowest BCUT2D eigenvalue weighted by Gasteiger charge is -2.42. The maximum Gasteiger partial charge on any atom is 0.226 e. The molecule has 0 unspecified atom stereocenters.